The first-order valence-corrected chi connectivity index (χ1v) is 5.21. The Morgan fingerprint density at radius 1 is 1.53 bits per heavy atom. The molecule has 1 rings (SSSR count). The van der Waals surface area contributed by atoms with E-state index in [2.05, 4.69) is 5.32 Å². The number of carbonyl (C=O) groups is 2. The lowest BCUT2D eigenvalue weighted by Crippen LogP contribution is -2.28. The maximum atomic E-state index is 13.0. The molecular formula is C11H11ClFNO3. The molecule has 1 aromatic carbocycles. The van der Waals surface area contributed by atoms with Crippen molar-refractivity contribution in [2.75, 3.05) is 0 Å². The molecule has 17 heavy (non-hydrogen) atoms. The average molecular weight is 260 g/mol. The molecule has 92 valence electrons. The second-order valence-corrected chi connectivity index (χ2v) is 3.93. The van der Waals surface area contributed by atoms with E-state index in [0.29, 0.717) is 5.56 Å². The Balaban J connectivity index is 2.98. The number of carboxylic acid groups (broad SMARTS) is 1. The standard InChI is InChI=1S/C11H11ClFNO3/c1-6(15)14-10(5-11(16)17)7-2-3-9(13)8(12)4-7/h2-4,10H,5H2,1H3,(H,14,15)(H,16,17)/t10-/m0/s1. The number of halogens is 2. The maximum absolute atomic E-state index is 13.0. The summed E-state index contributed by atoms with van der Waals surface area (Å²) in [7, 11) is 0. The second-order valence-electron chi connectivity index (χ2n) is 3.52. The Labute approximate surface area is 102 Å². The van der Waals surface area contributed by atoms with Crippen molar-refractivity contribution in [2.24, 2.45) is 0 Å². The molecule has 4 nitrogen and oxygen atoms in total. The number of rotatable bonds is 4. The highest BCUT2D eigenvalue weighted by Crippen LogP contribution is 2.23. The highest BCUT2D eigenvalue weighted by Gasteiger charge is 2.17. The number of nitrogens with one attached hydrogen (secondary N) is 1. The van der Waals surface area contributed by atoms with Crippen LogP contribution in [0.1, 0.15) is 24.9 Å². The zero-order valence-electron chi connectivity index (χ0n) is 9.04. The molecule has 1 amide bonds. The first-order valence-electron chi connectivity index (χ1n) is 4.84. The minimum Gasteiger partial charge on any atom is -0.481 e. The van der Waals surface area contributed by atoms with Crippen molar-refractivity contribution in [3.05, 3.63) is 34.6 Å². The molecule has 0 aliphatic heterocycles. The van der Waals surface area contributed by atoms with Crippen LogP contribution in [0.15, 0.2) is 18.2 Å². The molecule has 0 aliphatic rings. The zero-order chi connectivity index (χ0) is 13.0. The van der Waals surface area contributed by atoms with Gasteiger partial charge in [-0.25, -0.2) is 4.39 Å². The van der Waals surface area contributed by atoms with E-state index in [0.717, 1.165) is 6.07 Å². The summed E-state index contributed by atoms with van der Waals surface area (Å²) in [5.41, 5.74) is 0.453. The number of benzene rings is 1. The van der Waals surface area contributed by atoms with Gasteiger partial charge in [-0.1, -0.05) is 17.7 Å². The van der Waals surface area contributed by atoms with Gasteiger partial charge in [0.25, 0.3) is 0 Å². The van der Waals surface area contributed by atoms with Crippen molar-refractivity contribution in [3.63, 3.8) is 0 Å². The van der Waals surface area contributed by atoms with Gasteiger partial charge >= 0.3 is 5.97 Å². The predicted octanol–water partition coefficient (Wildman–Crippen LogP) is 2.13. The fourth-order valence-electron chi connectivity index (χ4n) is 1.40. The van der Waals surface area contributed by atoms with Crippen molar-refractivity contribution in [2.45, 2.75) is 19.4 Å². The van der Waals surface area contributed by atoms with E-state index < -0.39 is 17.8 Å². The molecule has 0 radical (unpaired) electrons. The van der Waals surface area contributed by atoms with Crippen molar-refractivity contribution < 1.29 is 19.1 Å². The second kappa shape index (κ2) is 5.63. The molecule has 0 fully saturated rings. The van der Waals surface area contributed by atoms with Crippen LogP contribution in [-0.2, 0) is 9.59 Å². The molecule has 0 unspecified atom stereocenters. The predicted molar refractivity (Wildman–Crippen MR) is 60.2 cm³/mol. The highest BCUT2D eigenvalue weighted by molar-refractivity contribution is 6.30. The van der Waals surface area contributed by atoms with E-state index in [-0.39, 0.29) is 17.4 Å². The van der Waals surface area contributed by atoms with Crippen molar-refractivity contribution in [1.29, 1.82) is 0 Å². The van der Waals surface area contributed by atoms with Crippen LogP contribution in [0.3, 0.4) is 0 Å². The number of carbonyl (C=O) groups excluding carboxylic acids is 1. The first kappa shape index (κ1) is 13.4. The highest BCUT2D eigenvalue weighted by atomic mass is 35.5. The van der Waals surface area contributed by atoms with Crippen LogP contribution in [-0.4, -0.2) is 17.0 Å². The molecule has 1 aromatic rings. The van der Waals surface area contributed by atoms with E-state index >= 15 is 0 Å². The van der Waals surface area contributed by atoms with Crippen LogP contribution < -0.4 is 5.32 Å². The Hall–Kier alpha value is -1.62. The molecule has 1 atom stereocenters. The summed E-state index contributed by atoms with van der Waals surface area (Å²) >= 11 is 5.60. The van der Waals surface area contributed by atoms with E-state index in [1.165, 1.54) is 19.1 Å². The Morgan fingerprint density at radius 3 is 2.65 bits per heavy atom. The Kier molecular flexibility index (Phi) is 4.45. The SMILES string of the molecule is CC(=O)N[C@@H](CC(=O)O)c1ccc(F)c(Cl)c1. The summed E-state index contributed by atoms with van der Waals surface area (Å²) < 4.78 is 13.0. The number of carboxylic acids is 1. The Bertz CT molecular complexity index is 434. The molecule has 0 heterocycles. The molecule has 0 aromatic heterocycles. The molecule has 6 heteroatoms. The van der Waals surface area contributed by atoms with Crippen molar-refractivity contribution in [3.8, 4) is 0 Å². The van der Waals surface area contributed by atoms with Crippen LogP contribution in [0.4, 0.5) is 4.39 Å². The smallest absolute Gasteiger partial charge is 0.305 e. The molecule has 0 saturated carbocycles. The monoisotopic (exact) mass is 259 g/mol. The zero-order valence-corrected chi connectivity index (χ0v) is 9.79. The number of hydrogen-bond acceptors (Lipinski definition) is 2. The molecule has 0 spiro atoms. The largest absolute Gasteiger partial charge is 0.481 e. The minimum absolute atomic E-state index is 0.108. The van der Waals surface area contributed by atoms with E-state index in [1.807, 2.05) is 0 Å². The summed E-state index contributed by atoms with van der Waals surface area (Å²) in [5, 5.41) is 11.1. The van der Waals surface area contributed by atoms with Crippen molar-refractivity contribution in [1.82, 2.24) is 5.32 Å². The third-order valence-corrected chi connectivity index (χ3v) is 2.39. The third kappa shape index (κ3) is 4.03. The molecule has 0 bridgehead atoms. The number of amides is 1. The van der Waals surface area contributed by atoms with Gasteiger partial charge < -0.3 is 10.4 Å². The maximum Gasteiger partial charge on any atom is 0.305 e. The van der Waals surface area contributed by atoms with Gasteiger partial charge in [-0.05, 0) is 17.7 Å². The van der Waals surface area contributed by atoms with Gasteiger partial charge in [0.15, 0.2) is 0 Å². The van der Waals surface area contributed by atoms with E-state index in [9.17, 15) is 14.0 Å². The minimum atomic E-state index is -1.07. The van der Waals surface area contributed by atoms with Gasteiger partial charge in [-0.3, -0.25) is 9.59 Å². The molecule has 2 N–H and O–H groups in total. The summed E-state index contributed by atoms with van der Waals surface area (Å²) in [4.78, 5) is 21.6. The van der Waals surface area contributed by atoms with Gasteiger partial charge in [0.2, 0.25) is 5.91 Å². The van der Waals surface area contributed by atoms with Crippen LogP contribution in [0, 0.1) is 5.82 Å². The molecular weight excluding hydrogens is 249 g/mol. The summed E-state index contributed by atoms with van der Waals surface area (Å²) in [5.74, 6) is -2.02. The van der Waals surface area contributed by atoms with Gasteiger partial charge in [0, 0.05) is 6.92 Å². The van der Waals surface area contributed by atoms with Gasteiger partial charge in [-0.2, -0.15) is 0 Å². The van der Waals surface area contributed by atoms with Crippen LogP contribution in [0.2, 0.25) is 5.02 Å². The van der Waals surface area contributed by atoms with Crippen molar-refractivity contribution >= 4 is 23.5 Å². The van der Waals surface area contributed by atoms with Crippen LogP contribution >= 0.6 is 11.6 Å². The normalized spacial score (nSPS) is 11.9. The topological polar surface area (TPSA) is 66.4 Å². The lowest BCUT2D eigenvalue weighted by Gasteiger charge is -2.16. The first-order chi connectivity index (χ1) is 7.90. The average Bonchev–Trinajstić information content (AvgIpc) is 2.19. The molecule has 0 aliphatic carbocycles. The lowest BCUT2D eigenvalue weighted by molar-refractivity contribution is -0.137. The van der Waals surface area contributed by atoms with E-state index in [1.54, 1.807) is 0 Å². The molecule has 0 saturated heterocycles. The van der Waals surface area contributed by atoms with Gasteiger partial charge in [-0.15, -0.1) is 0 Å². The lowest BCUT2D eigenvalue weighted by atomic mass is 10.0. The van der Waals surface area contributed by atoms with Crippen LogP contribution in [0.5, 0.6) is 0 Å². The summed E-state index contributed by atoms with van der Waals surface area (Å²) in [6, 6.07) is 3.11. The van der Waals surface area contributed by atoms with E-state index in [4.69, 9.17) is 16.7 Å². The van der Waals surface area contributed by atoms with Gasteiger partial charge in [0.05, 0.1) is 17.5 Å². The number of aliphatic carboxylic acids is 1. The fraction of sp³-hybridized carbons (Fsp3) is 0.273. The van der Waals surface area contributed by atoms with Gasteiger partial charge in [0.1, 0.15) is 5.82 Å². The number of hydrogen-bond donors (Lipinski definition) is 2. The summed E-state index contributed by atoms with van der Waals surface area (Å²) in [6.45, 7) is 1.28. The quantitative estimate of drug-likeness (QED) is 0.870. The third-order valence-electron chi connectivity index (χ3n) is 2.10. The van der Waals surface area contributed by atoms with Crippen LogP contribution in [0.25, 0.3) is 0 Å². The fourth-order valence-corrected chi connectivity index (χ4v) is 1.59. The Morgan fingerprint density at radius 2 is 2.18 bits per heavy atom. The summed E-state index contributed by atoms with van der Waals surface area (Å²) in [6.07, 6.45) is -0.290.